The molecule has 1 N–H and O–H groups in total. The number of fused-ring (bicyclic) bond motifs is 1. The molecule has 0 fully saturated rings. The van der Waals surface area contributed by atoms with E-state index >= 15 is 0 Å². The van der Waals surface area contributed by atoms with E-state index < -0.39 is 0 Å². The van der Waals surface area contributed by atoms with Crippen LogP contribution >= 0.6 is 27.5 Å². The van der Waals surface area contributed by atoms with Crippen LogP contribution in [-0.4, -0.2) is 15.0 Å². The molecule has 0 saturated carbocycles. The lowest BCUT2D eigenvalue weighted by atomic mass is 10.2. The minimum Gasteiger partial charge on any atom is -0.337 e. The molecule has 0 atom stereocenters. The van der Waals surface area contributed by atoms with Crippen molar-refractivity contribution in [2.45, 2.75) is 6.92 Å². The molecule has 0 unspecified atom stereocenters. The van der Waals surface area contributed by atoms with Crippen LogP contribution in [-0.2, 0) is 0 Å². The average molecular weight is 323 g/mol. The molecule has 0 saturated heterocycles. The topological polar surface area (TPSA) is 41.6 Å². The first-order chi connectivity index (χ1) is 8.63. The monoisotopic (exact) mass is 321 g/mol. The average Bonchev–Trinajstić information content (AvgIpc) is 2.71. The van der Waals surface area contributed by atoms with E-state index in [1.807, 2.05) is 37.4 Å². The van der Waals surface area contributed by atoms with Gasteiger partial charge in [0.05, 0.1) is 5.52 Å². The van der Waals surface area contributed by atoms with Crippen LogP contribution in [0.3, 0.4) is 0 Å². The Bertz CT molecular complexity index is 736. The number of hydrogen-bond donors (Lipinski definition) is 1. The summed E-state index contributed by atoms with van der Waals surface area (Å²) in [7, 11) is 0. The number of aromatic nitrogens is 3. The number of aromatic amines is 1. The number of aryl methyl sites for hydroxylation is 1. The Morgan fingerprint density at radius 1 is 1.28 bits per heavy atom. The van der Waals surface area contributed by atoms with Gasteiger partial charge in [0.25, 0.3) is 0 Å². The van der Waals surface area contributed by atoms with E-state index in [0.717, 1.165) is 32.6 Å². The molecule has 90 valence electrons. The summed E-state index contributed by atoms with van der Waals surface area (Å²) in [5, 5.41) is 0.690. The van der Waals surface area contributed by atoms with Crippen molar-refractivity contribution in [2.24, 2.45) is 0 Å². The van der Waals surface area contributed by atoms with Crippen molar-refractivity contribution in [3.63, 3.8) is 0 Å². The molecule has 5 heteroatoms. The van der Waals surface area contributed by atoms with Gasteiger partial charge in [-0.2, -0.15) is 0 Å². The third-order valence-corrected chi connectivity index (χ3v) is 3.55. The highest BCUT2D eigenvalue weighted by Gasteiger charge is 2.09. The van der Waals surface area contributed by atoms with E-state index in [2.05, 4.69) is 30.9 Å². The predicted octanol–water partition coefficient (Wildman–Crippen LogP) is 4.35. The molecule has 1 aromatic carbocycles. The van der Waals surface area contributed by atoms with Crippen molar-refractivity contribution in [3.05, 3.63) is 45.5 Å². The van der Waals surface area contributed by atoms with Gasteiger partial charge in [-0.15, -0.1) is 0 Å². The van der Waals surface area contributed by atoms with Gasteiger partial charge in [0.15, 0.2) is 5.65 Å². The van der Waals surface area contributed by atoms with Crippen LogP contribution in [0.15, 0.2) is 34.9 Å². The molecule has 2 heterocycles. The highest BCUT2D eigenvalue weighted by molar-refractivity contribution is 9.10. The maximum absolute atomic E-state index is 5.93. The van der Waals surface area contributed by atoms with Crippen LogP contribution in [0.2, 0.25) is 5.02 Å². The molecule has 0 radical (unpaired) electrons. The first kappa shape index (κ1) is 11.7. The molecule has 0 aliphatic carbocycles. The van der Waals surface area contributed by atoms with Crippen LogP contribution in [0.1, 0.15) is 5.56 Å². The summed E-state index contributed by atoms with van der Waals surface area (Å²) in [6.45, 7) is 2.01. The SMILES string of the molecule is Cc1cnc2nc(-c3ccc(Cl)cc3Br)[nH]c2c1. The van der Waals surface area contributed by atoms with Crippen molar-refractivity contribution in [1.82, 2.24) is 15.0 Å². The van der Waals surface area contributed by atoms with Crippen molar-refractivity contribution in [3.8, 4) is 11.4 Å². The van der Waals surface area contributed by atoms with Crippen LogP contribution < -0.4 is 0 Å². The largest absolute Gasteiger partial charge is 0.337 e. The zero-order chi connectivity index (χ0) is 12.7. The molecule has 0 spiro atoms. The van der Waals surface area contributed by atoms with Gasteiger partial charge in [-0.25, -0.2) is 9.97 Å². The molecular weight excluding hydrogens is 314 g/mol. The van der Waals surface area contributed by atoms with Gasteiger partial charge in [-0.05, 0) is 52.7 Å². The maximum atomic E-state index is 5.93. The summed E-state index contributed by atoms with van der Waals surface area (Å²) in [6, 6.07) is 7.65. The minimum absolute atomic E-state index is 0.690. The van der Waals surface area contributed by atoms with Crippen molar-refractivity contribution >= 4 is 38.7 Å². The number of hydrogen-bond acceptors (Lipinski definition) is 2. The van der Waals surface area contributed by atoms with Crippen LogP contribution in [0.4, 0.5) is 0 Å². The third kappa shape index (κ3) is 2.02. The standard InChI is InChI=1S/C13H9BrClN3/c1-7-4-11-13(16-6-7)18-12(17-11)9-3-2-8(15)5-10(9)14/h2-6H,1H3,(H,16,17,18). The van der Waals surface area contributed by atoms with Gasteiger partial charge in [0, 0.05) is 21.3 Å². The molecule has 3 aromatic rings. The summed E-state index contributed by atoms with van der Waals surface area (Å²) in [4.78, 5) is 12.0. The smallest absolute Gasteiger partial charge is 0.178 e. The van der Waals surface area contributed by atoms with Crippen molar-refractivity contribution in [1.29, 1.82) is 0 Å². The third-order valence-electron chi connectivity index (χ3n) is 2.66. The van der Waals surface area contributed by atoms with E-state index in [1.165, 1.54) is 0 Å². The first-order valence-electron chi connectivity index (χ1n) is 5.41. The van der Waals surface area contributed by atoms with Crippen LogP contribution in [0.5, 0.6) is 0 Å². The van der Waals surface area contributed by atoms with E-state index in [-0.39, 0.29) is 0 Å². The number of benzene rings is 1. The molecule has 3 nitrogen and oxygen atoms in total. The van der Waals surface area contributed by atoms with E-state index in [1.54, 1.807) is 0 Å². The van der Waals surface area contributed by atoms with Gasteiger partial charge in [-0.1, -0.05) is 11.6 Å². The van der Waals surface area contributed by atoms with E-state index in [0.29, 0.717) is 5.02 Å². The fourth-order valence-corrected chi connectivity index (χ4v) is 2.68. The summed E-state index contributed by atoms with van der Waals surface area (Å²) in [5.74, 6) is 0.784. The Hall–Kier alpha value is -1.39. The lowest BCUT2D eigenvalue weighted by Gasteiger charge is -2.00. The van der Waals surface area contributed by atoms with Crippen molar-refractivity contribution in [2.75, 3.05) is 0 Å². The molecule has 3 rings (SSSR count). The van der Waals surface area contributed by atoms with Gasteiger partial charge in [-0.3, -0.25) is 0 Å². The molecular formula is C13H9BrClN3. The second-order valence-electron chi connectivity index (χ2n) is 4.09. The number of pyridine rings is 1. The Kier molecular flexibility index (Phi) is 2.84. The van der Waals surface area contributed by atoms with E-state index in [4.69, 9.17) is 11.6 Å². The fraction of sp³-hybridized carbons (Fsp3) is 0.0769. The second-order valence-corrected chi connectivity index (χ2v) is 5.38. The van der Waals surface area contributed by atoms with Crippen LogP contribution in [0, 0.1) is 6.92 Å². The fourth-order valence-electron chi connectivity index (χ4n) is 1.81. The lowest BCUT2D eigenvalue weighted by Crippen LogP contribution is -1.82. The number of halogens is 2. The van der Waals surface area contributed by atoms with E-state index in [9.17, 15) is 0 Å². The number of H-pyrrole nitrogens is 1. The Morgan fingerprint density at radius 2 is 2.11 bits per heavy atom. The van der Waals surface area contributed by atoms with Gasteiger partial charge < -0.3 is 4.98 Å². The molecule has 0 amide bonds. The summed E-state index contributed by atoms with van der Waals surface area (Å²) >= 11 is 9.42. The Morgan fingerprint density at radius 3 is 2.89 bits per heavy atom. The summed E-state index contributed by atoms with van der Waals surface area (Å²) in [6.07, 6.45) is 1.81. The summed E-state index contributed by atoms with van der Waals surface area (Å²) in [5.41, 5.74) is 3.73. The lowest BCUT2D eigenvalue weighted by molar-refractivity contribution is 1.28. The summed E-state index contributed by atoms with van der Waals surface area (Å²) < 4.78 is 0.908. The first-order valence-corrected chi connectivity index (χ1v) is 6.58. The van der Waals surface area contributed by atoms with Crippen molar-refractivity contribution < 1.29 is 0 Å². The highest BCUT2D eigenvalue weighted by atomic mass is 79.9. The van der Waals surface area contributed by atoms with Crippen LogP contribution in [0.25, 0.3) is 22.6 Å². The Labute approximate surface area is 117 Å². The molecule has 0 aliphatic heterocycles. The number of nitrogens with one attached hydrogen (secondary N) is 1. The Balaban J connectivity index is 2.19. The minimum atomic E-state index is 0.690. The zero-order valence-corrected chi connectivity index (χ0v) is 11.9. The molecule has 0 bridgehead atoms. The maximum Gasteiger partial charge on any atom is 0.178 e. The second kappa shape index (κ2) is 4.37. The quantitative estimate of drug-likeness (QED) is 0.723. The van der Waals surface area contributed by atoms with Gasteiger partial charge in [0.1, 0.15) is 5.82 Å². The zero-order valence-electron chi connectivity index (χ0n) is 9.54. The van der Waals surface area contributed by atoms with Gasteiger partial charge in [0.2, 0.25) is 0 Å². The normalized spacial score (nSPS) is 11.1. The highest BCUT2D eigenvalue weighted by Crippen LogP contribution is 2.29. The number of rotatable bonds is 1. The predicted molar refractivity (Wildman–Crippen MR) is 76.8 cm³/mol. The number of nitrogens with zero attached hydrogens (tertiary/aromatic N) is 2. The number of imidazole rings is 1. The molecule has 2 aromatic heterocycles. The molecule has 18 heavy (non-hydrogen) atoms. The molecule has 0 aliphatic rings. The van der Waals surface area contributed by atoms with Gasteiger partial charge >= 0.3 is 0 Å².